The zero-order valence-electron chi connectivity index (χ0n) is 9.11. The zero-order valence-corrected chi connectivity index (χ0v) is 9.93. The maximum absolute atomic E-state index is 10.2. The van der Waals surface area contributed by atoms with Crippen LogP contribution in [0.3, 0.4) is 0 Å². The second kappa shape index (κ2) is 2.80. The van der Waals surface area contributed by atoms with Gasteiger partial charge in [-0.3, -0.25) is 0 Å². The molecule has 0 radical (unpaired) electrons. The van der Waals surface area contributed by atoms with Gasteiger partial charge in [0.05, 0.1) is 5.69 Å². The first-order chi connectivity index (χ1) is 6.39. The van der Waals surface area contributed by atoms with Crippen molar-refractivity contribution in [1.82, 2.24) is 4.37 Å². The third kappa shape index (κ3) is 1.15. The molecule has 2 nitrogen and oxygen atoms in total. The van der Waals surface area contributed by atoms with Crippen LogP contribution in [-0.4, -0.2) is 9.48 Å². The Balaban J connectivity index is 2.20. The van der Waals surface area contributed by atoms with Crippen LogP contribution in [0.25, 0.3) is 0 Å². The Bertz CT molecular complexity index is 315. The Morgan fingerprint density at radius 2 is 1.93 bits per heavy atom. The summed E-state index contributed by atoms with van der Waals surface area (Å²) in [6.45, 7) is 8.86. The van der Waals surface area contributed by atoms with Crippen molar-refractivity contribution in [3.05, 3.63) is 17.1 Å². The number of aliphatic hydroxyl groups is 1. The van der Waals surface area contributed by atoms with Crippen LogP contribution < -0.4 is 0 Å². The molecule has 1 fully saturated rings. The van der Waals surface area contributed by atoms with E-state index >= 15 is 0 Å². The van der Waals surface area contributed by atoms with Crippen LogP contribution in [0.2, 0.25) is 0 Å². The molecule has 1 N–H and O–H groups in total. The van der Waals surface area contributed by atoms with Crippen molar-refractivity contribution >= 4 is 11.5 Å². The predicted molar refractivity (Wildman–Crippen MR) is 58.1 cm³/mol. The fourth-order valence-corrected chi connectivity index (χ4v) is 3.13. The Morgan fingerprint density at radius 3 is 2.29 bits per heavy atom. The van der Waals surface area contributed by atoms with E-state index in [9.17, 15) is 5.11 Å². The smallest absolute Gasteiger partial charge is 0.101 e. The molecule has 1 aromatic heterocycles. The molecule has 0 aliphatic heterocycles. The van der Waals surface area contributed by atoms with Crippen LogP contribution in [0.5, 0.6) is 0 Å². The Morgan fingerprint density at radius 1 is 1.36 bits per heavy atom. The van der Waals surface area contributed by atoms with Gasteiger partial charge in [0, 0.05) is 11.3 Å². The molecule has 1 unspecified atom stereocenters. The molecule has 3 heteroatoms. The van der Waals surface area contributed by atoms with E-state index in [0.717, 1.165) is 5.69 Å². The van der Waals surface area contributed by atoms with E-state index in [1.807, 2.05) is 11.4 Å². The zero-order chi connectivity index (χ0) is 10.6. The quantitative estimate of drug-likeness (QED) is 0.816. The molecule has 0 bridgehead atoms. The van der Waals surface area contributed by atoms with Crippen molar-refractivity contribution in [2.24, 2.45) is 16.7 Å². The van der Waals surface area contributed by atoms with Gasteiger partial charge in [0.2, 0.25) is 0 Å². The molecule has 2 rings (SSSR count). The first-order valence-corrected chi connectivity index (χ1v) is 5.81. The SMILES string of the molecule is CC1(C)C(C(O)c2ccsn2)C1(C)C. The molecule has 1 atom stereocenters. The standard InChI is InChI=1S/C11H17NOS/c1-10(2)9(11(10,3)4)8(13)7-5-6-14-12-7/h5-6,8-9,13H,1-4H3. The summed E-state index contributed by atoms with van der Waals surface area (Å²) in [4.78, 5) is 0. The lowest BCUT2D eigenvalue weighted by atomic mass is 10.0. The second-order valence-corrected chi connectivity index (χ2v) is 5.96. The highest BCUT2D eigenvalue weighted by Crippen LogP contribution is 2.72. The van der Waals surface area contributed by atoms with Gasteiger partial charge in [-0.05, 0) is 28.4 Å². The minimum absolute atomic E-state index is 0.218. The summed E-state index contributed by atoms with van der Waals surface area (Å²) in [7, 11) is 0. The molecule has 78 valence electrons. The minimum atomic E-state index is -0.397. The Hall–Kier alpha value is -0.410. The molecule has 14 heavy (non-hydrogen) atoms. The first kappa shape index (κ1) is 10.1. The number of nitrogens with zero attached hydrogens (tertiary/aromatic N) is 1. The van der Waals surface area contributed by atoms with Gasteiger partial charge in [0.25, 0.3) is 0 Å². The molecular formula is C11H17NOS. The van der Waals surface area contributed by atoms with E-state index in [-0.39, 0.29) is 10.8 Å². The Labute approximate surface area is 89.1 Å². The van der Waals surface area contributed by atoms with Crippen molar-refractivity contribution in [3.63, 3.8) is 0 Å². The van der Waals surface area contributed by atoms with Crippen LogP contribution >= 0.6 is 11.5 Å². The molecule has 0 amide bonds. The van der Waals surface area contributed by atoms with E-state index in [2.05, 4.69) is 32.1 Å². The highest BCUT2D eigenvalue weighted by molar-refractivity contribution is 7.03. The maximum atomic E-state index is 10.2. The van der Waals surface area contributed by atoms with Gasteiger partial charge in [-0.25, -0.2) is 0 Å². The predicted octanol–water partition coefficient (Wildman–Crippen LogP) is 2.86. The third-order valence-electron chi connectivity index (χ3n) is 4.21. The van der Waals surface area contributed by atoms with Gasteiger partial charge >= 0.3 is 0 Å². The number of aromatic nitrogens is 1. The normalized spacial score (nSPS) is 26.1. The average Bonchev–Trinajstić information content (AvgIpc) is 2.53. The highest BCUT2D eigenvalue weighted by atomic mass is 32.1. The summed E-state index contributed by atoms with van der Waals surface area (Å²) in [6, 6.07) is 1.92. The number of aliphatic hydroxyl groups excluding tert-OH is 1. The van der Waals surface area contributed by atoms with Crippen LogP contribution in [-0.2, 0) is 0 Å². The van der Waals surface area contributed by atoms with Crippen molar-refractivity contribution in [1.29, 1.82) is 0 Å². The van der Waals surface area contributed by atoms with Gasteiger partial charge in [-0.1, -0.05) is 27.7 Å². The summed E-state index contributed by atoms with van der Waals surface area (Å²) >= 11 is 1.40. The lowest BCUT2D eigenvalue weighted by Gasteiger charge is -2.09. The molecular weight excluding hydrogens is 194 g/mol. The van der Waals surface area contributed by atoms with Crippen LogP contribution in [0.15, 0.2) is 11.4 Å². The highest BCUT2D eigenvalue weighted by Gasteiger charge is 2.67. The molecule has 0 spiro atoms. The van der Waals surface area contributed by atoms with Crippen LogP contribution in [0.1, 0.15) is 39.5 Å². The van der Waals surface area contributed by atoms with E-state index < -0.39 is 6.10 Å². The van der Waals surface area contributed by atoms with Crippen LogP contribution in [0, 0.1) is 16.7 Å². The Kier molecular flexibility index (Phi) is 2.02. The molecule has 1 aliphatic rings. The lowest BCUT2D eigenvalue weighted by molar-refractivity contribution is 0.127. The maximum Gasteiger partial charge on any atom is 0.101 e. The van der Waals surface area contributed by atoms with Crippen molar-refractivity contribution in [3.8, 4) is 0 Å². The third-order valence-corrected chi connectivity index (χ3v) is 4.78. The van der Waals surface area contributed by atoms with Gasteiger partial charge in [0.15, 0.2) is 0 Å². The summed E-state index contributed by atoms with van der Waals surface area (Å²) in [5.74, 6) is 0.331. The number of hydrogen-bond donors (Lipinski definition) is 1. The number of hydrogen-bond acceptors (Lipinski definition) is 3. The van der Waals surface area contributed by atoms with Gasteiger partial charge < -0.3 is 5.11 Å². The van der Waals surface area contributed by atoms with Gasteiger partial charge in [-0.2, -0.15) is 4.37 Å². The van der Waals surface area contributed by atoms with Crippen molar-refractivity contribution in [2.75, 3.05) is 0 Å². The van der Waals surface area contributed by atoms with E-state index in [4.69, 9.17) is 0 Å². The summed E-state index contributed by atoms with van der Waals surface area (Å²) in [6.07, 6.45) is -0.397. The summed E-state index contributed by atoms with van der Waals surface area (Å²) in [5.41, 5.74) is 1.27. The largest absolute Gasteiger partial charge is 0.386 e. The van der Waals surface area contributed by atoms with E-state index in [0.29, 0.717) is 5.92 Å². The molecule has 1 aromatic rings. The summed E-state index contributed by atoms with van der Waals surface area (Å²) in [5, 5.41) is 12.1. The fourth-order valence-electron chi connectivity index (χ4n) is 2.58. The van der Waals surface area contributed by atoms with Crippen LogP contribution in [0.4, 0.5) is 0 Å². The van der Waals surface area contributed by atoms with E-state index in [1.54, 1.807) is 0 Å². The van der Waals surface area contributed by atoms with Crippen molar-refractivity contribution < 1.29 is 5.11 Å². The average molecular weight is 211 g/mol. The van der Waals surface area contributed by atoms with Gasteiger partial charge in [0.1, 0.15) is 6.10 Å². The van der Waals surface area contributed by atoms with Gasteiger partial charge in [-0.15, -0.1) is 0 Å². The molecule has 1 heterocycles. The molecule has 0 aromatic carbocycles. The first-order valence-electron chi connectivity index (χ1n) is 4.97. The minimum Gasteiger partial charge on any atom is -0.386 e. The monoisotopic (exact) mass is 211 g/mol. The molecule has 0 saturated heterocycles. The number of rotatable bonds is 2. The summed E-state index contributed by atoms with van der Waals surface area (Å²) < 4.78 is 4.20. The van der Waals surface area contributed by atoms with E-state index in [1.165, 1.54) is 11.5 Å². The second-order valence-electron chi connectivity index (χ2n) is 5.29. The molecule has 1 saturated carbocycles. The fraction of sp³-hybridized carbons (Fsp3) is 0.727. The van der Waals surface area contributed by atoms with Crippen molar-refractivity contribution in [2.45, 2.75) is 33.8 Å². The lowest BCUT2D eigenvalue weighted by Crippen LogP contribution is -2.05. The molecule has 1 aliphatic carbocycles. The topological polar surface area (TPSA) is 33.1 Å².